The standard InChI is InChI=1S/C13H23N5O/c1-2-3-11-12(16-8-17-13(11)18-14)15-7-9-4-5-10(19)6-9/h8-10,19H,2-7,14H2,1H3,(H2,15,16,17,18). The molecule has 2 unspecified atom stereocenters. The molecular weight excluding hydrogens is 242 g/mol. The highest BCUT2D eigenvalue weighted by Gasteiger charge is 2.23. The van der Waals surface area contributed by atoms with E-state index < -0.39 is 0 Å². The molecule has 0 aliphatic heterocycles. The van der Waals surface area contributed by atoms with Gasteiger partial charge < -0.3 is 15.8 Å². The van der Waals surface area contributed by atoms with Crippen molar-refractivity contribution in [1.82, 2.24) is 9.97 Å². The van der Waals surface area contributed by atoms with Crippen LogP contribution in [0, 0.1) is 5.92 Å². The first-order valence-electron chi connectivity index (χ1n) is 6.97. The van der Waals surface area contributed by atoms with Crippen LogP contribution in [0.5, 0.6) is 0 Å². The average molecular weight is 265 g/mol. The van der Waals surface area contributed by atoms with E-state index in [1.165, 1.54) is 6.33 Å². The number of anilines is 2. The second kappa shape index (κ2) is 6.68. The molecule has 1 fully saturated rings. The third kappa shape index (κ3) is 3.54. The molecule has 5 N–H and O–H groups in total. The third-order valence-electron chi connectivity index (χ3n) is 3.65. The Morgan fingerprint density at radius 2 is 2.16 bits per heavy atom. The number of hydrazine groups is 1. The highest BCUT2D eigenvalue weighted by molar-refractivity contribution is 5.56. The van der Waals surface area contributed by atoms with Gasteiger partial charge >= 0.3 is 0 Å². The van der Waals surface area contributed by atoms with Crippen molar-refractivity contribution in [3.05, 3.63) is 11.9 Å². The molecule has 1 aliphatic rings. The van der Waals surface area contributed by atoms with Crippen molar-refractivity contribution in [2.45, 2.75) is 45.1 Å². The van der Waals surface area contributed by atoms with Gasteiger partial charge in [-0.1, -0.05) is 13.3 Å². The fraction of sp³-hybridized carbons (Fsp3) is 0.692. The van der Waals surface area contributed by atoms with Crippen LogP contribution in [0.15, 0.2) is 6.33 Å². The number of aliphatic hydroxyl groups excluding tert-OH is 1. The summed E-state index contributed by atoms with van der Waals surface area (Å²) < 4.78 is 0. The van der Waals surface area contributed by atoms with Gasteiger partial charge in [0.05, 0.1) is 6.10 Å². The van der Waals surface area contributed by atoms with Gasteiger partial charge in [0.25, 0.3) is 0 Å². The van der Waals surface area contributed by atoms with E-state index in [9.17, 15) is 5.11 Å². The maximum atomic E-state index is 9.54. The smallest absolute Gasteiger partial charge is 0.148 e. The first-order valence-corrected chi connectivity index (χ1v) is 6.97. The molecule has 0 radical (unpaired) electrons. The van der Waals surface area contributed by atoms with E-state index >= 15 is 0 Å². The summed E-state index contributed by atoms with van der Waals surface area (Å²) >= 11 is 0. The number of hydrogen-bond donors (Lipinski definition) is 4. The zero-order chi connectivity index (χ0) is 13.7. The van der Waals surface area contributed by atoms with Crippen LogP contribution in [0.25, 0.3) is 0 Å². The van der Waals surface area contributed by atoms with Crippen LogP contribution in [0.3, 0.4) is 0 Å². The molecule has 106 valence electrons. The van der Waals surface area contributed by atoms with Gasteiger partial charge in [0, 0.05) is 12.1 Å². The summed E-state index contributed by atoms with van der Waals surface area (Å²) in [4.78, 5) is 8.45. The lowest BCUT2D eigenvalue weighted by molar-refractivity contribution is 0.178. The molecule has 2 atom stereocenters. The van der Waals surface area contributed by atoms with Crippen LogP contribution in [0.2, 0.25) is 0 Å². The number of aromatic nitrogens is 2. The van der Waals surface area contributed by atoms with E-state index in [4.69, 9.17) is 5.84 Å². The Labute approximate surface area is 113 Å². The molecule has 0 aromatic carbocycles. The number of aliphatic hydroxyl groups is 1. The summed E-state index contributed by atoms with van der Waals surface area (Å²) in [7, 11) is 0. The summed E-state index contributed by atoms with van der Waals surface area (Å²) in [6, 6.07) is 0. The molecule has 0 spiro atoms. The second-order valence-electron chi connectivity index (χ2n) is 5.16. The highest BCUT2D eigenvalue weighted by Crippen LogP contribution is 2.27. The van der Waals surface area contributed by atoms with Gasteiger partial charge in [-0.15, -0.1) is 0 Å². The monoisotopic (exact) mass is 265 g/mol. The number of nitrogens with two attached hydrogens (primary N) is 1. The summed E-state index contributed by atoms with van der Waals surface area (Å²) in [5.41, 5.74) is 3.66. The molecule has 2 rings (SSSR count). The van der Waals surface area contributed by atoms with E-state index in [-0.39, 0.29) is 6.10 Å². The Balaban J connectivity index is 2.02. The van der Waals surface area contributed by atoms with Gasteiger partial charge in [0.1, 0.15) is 18.0 Å². The lowest BCUT2D eigenvalue weighted by Gasteiger charge is -2.16. The van der Waals surface area contributed by atoms with Crippen LogP contribution in [0.1, 0.15) is 38.2 Å². The van der Waals surface area contributed by atoms with E-state index in [2.05, 4.69) is 27.6 Å². The molecule has 0 saturated heterocycles. The summed E-state index contributed by atoms with van der Waals surface area (Å²) in [6.07, 6.45) is 6.14. The van der Waals surface area contributed by atoms with Crippen LogP contribution < -0.4 is 16.6 Å². The average Bonchev–Trinajstić information content (AvgIpc) is 2.83. The summed E-state index contributed by atoms with van der Waals surface area (Å²) in [5.74, 6) is 7.55. The van der Waals surface area contributed by atoms with Gasteiger partial charge in [-0.25, -0.2) is 15.8 Å². The molecule has 1 aromatic heterocycles. The van der Waals surface area contributed by atoms with Crippen molar-refractivity contribution >= 4 is 11.6 Å². The van der Waals surface area contributed by atoms with Gasteiger partial charge in [-0.05, 0) is 31.6 Å². The quantitative estimate of drug-likeness (QED) is 0.457. The lowest BCUT2D eigenvalue weighted by Crippen LogP contribution is -2.17. The van der Waals surface area contributed by atoms with Gasteiger partial charge in [0.2, 0.25) is 0 Å². The Bertz CT molecular complexity index is 412. The predicted molar refractivity (Wildman–Crippen MR) is 75.7 cm³/mol. The maximum Gasteiger partial charge on any atom is 0.148 e. The maximum absolute atomic E-state index is 9.54. The highest BCUT2D eigenvalue weighted by atomic mass is 16.3. The number of nitrogen functional groups attached to an aromatic ring is 1. The molecule has 1 aliphatic carbocycles. The van der Waals surface area contributed by atoms with Crippen molar-refractivity contribution in [2.75, 3.05) is 17.3 Å². The van der Waals surface area contributed by atoms with Crippen molar-refractivity contribution in [1.29, 1.82) is 0 Å². The first kappa shape index (κ1) is 14.0. The number of nitrogens with one attached hydrogen (secondary N) is 2. The Kier molecular flexibility index (Phi) is 4.93. The molecular formula is C13H23N5O. The second-order valence-corrected chi connectivity index (χ2v) is 5.16. The molecule has 6 heteroatoms. The van der Waals surface area contributed by atoms with Crippen LogP contribution in [0.4, 0.5) is 11.6 Å². The topological polar surface area (TPSA) is 96.1 Å². The molecule has 6 nitrogen and oxygen atoms in total. The van der Waals surface area contributed by atoms with Gasteiger partial charge in [0.15, 0.2) is 0 Å². The normalized spacial score (nSPS) is 22.5. The number of nitrogens with zero attached hydrogens (tertiary/aromatic N) is 2. The van der Waals surface area contributed by atoms with Gasteiger partial charge in [-0.2, -0.15) is 0 Å². The van der Waals surface area contributed by atoms with E-state index in [0.717, 1.165) is 50.0 Å². The van der Waals surface area contributed by atoms with Crippen molar-refractivity contribution in [2.24, 2.45) is 11.8 Å². The number of hydrogen-bond acceptors (Lipinski definition) is 6. The van der Waals surface area contributed by atoms with Crippen molar-refractivity contribution in [3.8, 4) is 0 Å². The van der Waals surface area contributed by atoms with E-state index in [0.29, 0.717) is 11.7 Å². The Hall–Kier alpha value is -1.40. The van der Waals surface area contributed by atoms with Gasteiger partial charge in [-0.3, -0.25) is 0 Å². The third-order valence-corrected chi connectivity index (χ3v) is 3.65. The van der Waals surface area contributed by atoms with E-state index in [1.54, 1.807) is 0 Å². The number of rotatable bonds is 6. The van der Waals surface area contributed by atoms with E-state index in [1.807, 2.05) is 0 Å². The van der Waals surface area contributed by atoms with Crippen LogP contribution in [-0.4, -0.2) is 27.7 Å². The van der Waals surface area contributed by atoms with Crippen LogP contribution >= 0.6 is 0 Å². The molecule has 1 heterocycles. The zero-order valence-electron chi connectivity index (χ0n) is 11.4. The first-order chi connectivity index (χ1) is 9.24. The lowest BCUT2D eigenvalue weighted by atomic mass is 10.1. The molecule has 0 amide bonds. The molecule has 1 saturated carbocycles. The Morgan fingerprint density at radius 3 is 2.79 bits per heavy atom. The minimum atomic E-state index is -0.131. The zero-order valence-corrected chi connectivity index (χ0v) is 11.4. The Morgan fingerprint density at radius 1 is 1.37 bits per heavy atom. The molecule has 0 bridgehead atoms. The summed E-state index contributed by atoms with van der Waals surface area (Å²) in [5, 5.41) is 12.9. The minimum Gasteiger partial charge on any atom is -0.393 e. The minimum absolute atomic E-state index is 0.131. The fourth-order valence-electron chi connectivity index (χ4n) is 2.65. The van der Waals surface area contributed by atoms with Crippen LogP contribution in [-0.2, 0) is 6.42 Å². The fourth-order valence-corrected chi connectivity index (χ4v) is 2.65. The summed E-state index contributed by atoms with van der Waals surface area (Å²) in [6.45, 7) is 2.96. The molecule has 1 aromatic rings. The van der Waals surface area contributed by atoms with Crippen molar-refractivity contribution < 1.29 is 5.11 Å². The van der Waals surface area contributed by atoms with Crippen molar-refractivity contribution in [3.63, 3.8) is 0 Å². The largest absolute Gasteiger partial charge is 0.393 e. The predicted octanol–water partition coefficient (Wildman–Crippen LogP) is 1.29. The molecule has 19 heavy (non-hydrogen) atoms. The SMILES string of the molecule is CCCc1c(NN)ncnc1NCC1CCC(O)C1.